The summed E-state index contributed by atoms with van der Waals surface area (Å²) in [6.07, 6.45) is 0.428. The molecule has 2 heterocycles. The molecule has 3 aromatic carbocycles. The van der Waals surface area contributed by atoms with Crippen molar-refractivity contribution in [1.82, 2.24) is 5.01 Å². The van der Waals surface area contributed by atoms with E-state index in [-0.39, 0.29) is 18.2 Å². The van der Waals surface area contributed by atoms with Gasteiger partial charge in [0.15, 0.2) is 5.17 Å². The third kappa shape index (κ3) is 5.52. The highest BCUT2D eigenvalue weighted by atomic mass is 35.5. The number of benzene rings is 3. The summed E-state index contributed by atoms with van der Waals surface area (Å²) in [7, 11) is 1.60. The van der Waals surface area contributed by atoms with Crippen molar-refractivity contribution in [1.29, 1.82) is 0 Å². The fraction of sp³-hybridized carbons (Fsp3) is 0.185. The van der Waals surface area contributed by atoms with Crippen molar-refractivity contribution in [2.75, 3.05) is 12.4 Å². The molecule has 0 unspecified atom stereocenters. The van der Waals surface area contributed by atoms with E-state index >= 15 is 0 Å². The van der Waals surface area contributed by atoms with Crippen LogP contribution < -0.4 is 10.1 Å². The van der Waals surface area contributed by atoms with Gasteiger partial charge in [0, 0.05) is 17.9 Å². The third-order valence-electron chi connectivity index (χ3n) is 6.01. The summed E-state index contributed by atoms with van der Waals surface area (Å²) < 4.78 is 19.3. The molecule has 10 heteroatoms. The maximum atomic E-state index is 13.9. The van der Waals surface area contributed by atoms with Crippen LogP contribution >= 0.6 is 23.4 Å². The number of ether oxygens (including phenoxy) is 1. The Morgan fingerprint density at radius 3 is 2.70 bits per heavy atom. The molecule has 188 valence electrons. The minimum Gasteiger partial charge on any atom is -0.497 e. The van der Waals surface area contributed by atoms with Crippen LogP contribution in [0, 0.1) is 5.82 Å². The molecular formula is C27H22ClFN4O3S. The predicted octanol–water partition coefficient (Wildman–Crippen LogP) is 5.67. The Bertz CT molecular complexity index is 1410. The van der Waals surface area contributed by atoms with Gasteiger partial charge in [-0.25, -0.2) is 9.40 Å². The molecule has 0 spiro atoms. The zero-order chi connectivity index (χ0) is 25.9. The van der Waals surface area contributed by atoms with Crippen LogP contribution in [0.5, 0.6) is 5.75 Å². The van der Waals surface area contributed by atoms with E-state index in [9.17, 15) is 14.0 Å². The summed E-state index contributed by atoms with van der Waals surface area (Å²) in [4.78, 5) is 29.6. The Balaban J connectivity index is 1.37. The molecule has 2 aliphatic rings. The molecule has 0 aliphatic carbocycles. The number of aliphatic imine (C=N–C) groups is 1. The van der Waals surface area contributed by atoms with Gasteiger partial charge in [-0.15, -0.1) is 0 Å². The van der Waals surface area contributed by atoms with Gasteiger partial charge in [0.1, 0.15) is 16.8 Å². The molecule has 2 aliphatic heterocycles. The number of carbonyl (C=O) groups is 2. The van der Waals surface area contributed by atoms with E-state index in [2.05, 4.69) is 10.3 Å². The number of amides is 2. The number of anilines is 1. The molecule has 0 saturated heterocycles. The van der Waals surface area contributed by atoms with E-state index in [1.807, 2.05) is 36.4 Å². The first kappa shape index (κ1) is 25.0. The van der Waals surface area contributed by atoms with E-state index in [0.717, 1.165) is 16.8 Å². The number of hydrogen-bond donors (Lipinski definition) is 1. The second-order valence-electron chi connectivity index (χ2n) is 8.47. The fourth-order valence-corrected chi connectivity index (χ4v) is 5.34. The minimum absolute atomic E-state index is 0.0684. The first-order valence-electron chi connectivity index (χ1n) is 11.5. The summed E-state index contributed by atoms with van der Waals surface area (Å²) in [5.74, 6) is -0.732. The number of halogens is 2. The van der Waals surface area contributed by atoms with Crippen molar-refractivity contribution in [2.24, 2.45) is 10.1 Å². The molecule has 5 rings (SSSR count). The molecule has 2 amide bonds. The lowest BCUT2D eigenvalue weighted by Crippen LogP contribution is -2.25. The van der Waals surface area contributed by atoms with Crippen molar-refractivity contribution in [3.05, 3.63) is 94.8 Å². The minimum atomic E-state index is -0.734. The topological polar surface area (TPSA) is 83.4 Å². The van der Waals surface area contributed by atoms with E-state index in [1.54, 1.807) is 30.3 Å². The number of hydrazone groups is 1. The van der Waals surface area contributed by atoms with Gasteiger partial charge in [0.05, 0.1) is 24.6 Å². The van der Waals surface area contributed by atoms with Crippen molar-refractivity contribution in [3.8, 4) is 5.75 Å². The predicted molar refractivity (Wildman–Crippen MR) is 144 cm³/mol. The van der Waals surface area contributed by atoms with Gasteiger partial charge in [-0.2, -0.15) is 10.1 Å². The number of rotatable bonds is 6. The van der Waals surface area contributed by atoms with Crippen molar-refractivity contribution < 1.29 is 18.7 Å². The molecule has 1 N–H and O–H groups in total. The number of carbonyl (C=O) groups excluding carboxylic acids is 2. The molecule has 0 saturated carbocycles. The first-order valence-corrected chi connectivity index (χ1v) is 12.8. The second-order valence-corrected chi connectivity index (χ2v) is 10.1. The lowest BCUT2D eigenvalue weighted by molar-refractivity contribution is -0.121. The molecule has 0 bridgehead atoms. The van der Waals surface area contributed by atoms with Crippen molar-refractivity contribution in [3.63, 3.8) is 0 Å². The average molecular weight is 537 g/mol. The van der Waals surface area contributed by atoms with Crippen LogP contribution in [-0.2, 0) is 9.59 Å². The Morgan fingerprint density at radius 1 is 1.16 bits per heavy atom. The highest BCUT2D eigenvalue weighted by Crippen LogP contribution is 2.39. The van der Waals surface area contributed by atoms with E-state index < -0.39 is 22.9 Å². The lowest BCUT2D eigenvalue weighted by Gasteiger charge is -2.23. The van der Waals surface area contributed by atoms with Gasteiger partial charge in [-0.1, -0.05) is 59.8 Å². The standard InChI is InChI=1S/C27H22ClFN4O3S/c1-36-19-6-4-5-17(13-19)23-14-22(16-9-11-18(28)12-10-16)32-33(23)27-31-26(35)24(37-27)15-25(34)30-21-8-3-2-7-20(21)29/h2-13,23-24H,14-15H2,1H3,(H,30,34)/t23-,24+/m0/s1. The van der Waals surface area contributed by atoms with Crippen LogP contribution in [0.25, 0.3) is 0 Å². The van der Waals surface area contributed by atoms with Crippen molar-refractivity contribution in [2.45, 2.75) is 24.1 Å². The largest absolute Gasteiger partial charge is 0.497 e. The summed E-state index contributed by atoms with van der Waals surface area (Å²) in [6.45, 7) is 0. The zero-order valence-corrected chi connectivity index (χ0v) is 21.3. The molecule has 2 atom stereocenters. The third-order valence-corrected chi connectivity index (χ3v) is 7.40. The summed E-state index contributed by atoms with van der Waals surface area (Å²) in [5.41, 5.74) is 2.75. The number of nitrogens with zero attached hydrogens (tertiary/aromatic N) is 3. The second kappa shape index (κ2) is 10.7. The molecule has 3 aromatic rings. The van der Waals surface area contributed by atoms with E-state index in [0.29, 0.717) is 22.4 Å². The van der Waals surface area contributed by atoms with E-state index in [1.165, 1.54) is 30.0 Å². The fourth-order valence-electron chi connectivity index (χ4n) is 4.15. The van der Waals surface area contributed by atoms with Gasteiger partial charge in [0.25, 0.3) is 5.91 Å². The van der Waals surface area contributed by atoms with Crippen molar-refractivity contribution >= 4 is 51.7 Å². The Kier molecular flexibility index (Phi) is 7.25. The molecule has 37 heavy (non-hydrogen) atoms. The Morgan fingerprint density at radius 2 is 1.95 bits per heavy atom. The quantitative estimate of drug-likeness (QED) is 0.439. The molecule has 0 radical (unpaired) electrons. The highest BCUT2D eigenvalue weighted by Gasteiger charge is 2.39. The van der Waals surface area contributed by atoms with Crippen LogP contribution in [0.15, 0.2) is 82.9 Å². The van der Waals surface area contributed by atoms with Gasteiger partial charge < -0.3 is 10.1 Å². The van der Waals surface area contributed by atoms with Gasteiger partial charge in [-0.3, -0.25) is 9.59 Å². The monoisotopic (exact) mass is 536 g/mol. The number of amidine groups is 1. The summed E-state index contributed by atoms with van der Waals surface area (Å²) in [6, 6.07) is 20.7. The molecular weight excluding hydrogens is 515 g/mol. The highest BCUT2D eigenvalue weighted by molar-refractivity contribution is 8.15. The van der Waals surface area contributed by atoms with Crippen LogP contribution in [0.2, 0.25) is 5.02 Å². The van der Waals surface area contributed by atoms with Gasteiger partial charge in [-0.05, 0) is 47.5 Å². The maximum absolute atomic E-state index is 13.9. The number of methoxy groups -OCH3 is 1. The molecule has 7 nitrogen and oxygen atoms in total. The maximum Gasteiger partial charge on any atom is 0.262 e. The SMILES string of the molecule is COc1cccc([C@@H]2CC(c3ccc(Cl)cc3)=NN2C2=NC(=O)[C@@H](CC(=O)Nc3ccccc3F)S2)c1. The van der Waals surface area contributed by atoms with Crippen LogP contribution in [-0.4, -0.2) is 40.1 Å². The molecule has 0 aromatic heterocycles. The molecule has 0 fully saturated rings. The van der Waals surface area contributed by atoms with Crippen LogP contribution in [0.1, 0.15) is 30.0 Å². The number of hydrogen-bond acceptors (Lipinski definition) is 6. The van der Waals surface area contributed by atoms with Gasteiger partial charge in [0.2, 0.25) is 5.91 Å². The summed E-state index contributed by atoms with van der Waals surface area (Å²) >= 11 is 7.24. The van der Waals surface area contributed by atoms with E-state index in [4.69, 9.17) is 21.4 Å². The first-order chi connectivity index (χ1) is 17.9. The number of para-hydroxylation sites is 1. The normalized spacial score (nSPS) is 19.0. The smallest absolute Gasteiger partial charge is 0.262 e. The van der Waals surface area contributed by atoms with Gasteiger partial charge >= 0.3 is 0 Å². The average Bonchev–Trinajstić information content (AvgIpc) is 3.50. The van der Waals surface area contributed by atoms with Crippen LogP contribution in [0.3, 0.4) is 0 Å². The van der Waals surface area contributed by atoms with Crippen LogP contribution in [0.4, 0.5) is 10.1 Å². The number of thioether (sulfide) groups is 1. The summed E-state index contributed by atoms with van der Waals surface area (Å²) in [5, 5.41) is 9.38. The number of nitrogens with one attached hydrogen (secondary N) is 1. The Labute approximate surface area is 222 Å². The lowest BCUT2D eigenvalue weighted by atomic mass is 9.98. The Hall–Kier alpha value is -3.69. The zero-order valence-electron chi connectivity index (χ0n) is 19.7.